The van der Waals surface area contributed by atoms with Crippen molar-refractivity contribution >= 4 is 17.6 Å². The van der Waals surface area contributed by atoms with Gasteiger partial charge in [0.15, 0.2) is 0 Å². The SMILES string of the molecule is O=C(O)CCCn1cc(Cl)cn1. The lowest BCUT2D eigenvalue weighted by molar-refractivity contribution is -0.137. The standard InChI is InChI=1S/C7H9ClN2O2/c8-6-4-9-10(5-6)3-1-2-7(11)12/h4-5H,1-3H2,(H,11,12). The Morgan fingerprint density at radius 2 is 2.50 bits per heavy atom. The lowest BCUT2D eigenvalue weighted by Gasteiger charge is -1.97. The molecule has 1 aromatic rings. The van der Waals surface area contributed by atoms with Crippen molar-refractivity contribution in [2.45, 2.75) is 19.4 Å². The van der Waals surface area contributed by atoms with E-state index in [1.54, 1.807) is 10.9 Å². The number of carbonyl (C=O) groups is 1. The summed E-state index contributed by atoms with van der Waals surface area (Å²) in [4.78, 5) is 10.1. The lowest BCUT2D eigenvalue weighted by Crippen LogP contribution is -2.01. The van der Waals surface area contributed by atoms with E-state index in [0.717, 1.165) is 0 Å². The van der Waals surface area contributed by atoms with Crippen molar-refractivity contribution in [3.05, 3.63) is 17.4 Å². The first-order chi connectivity index (χ1) is 5.68. The number of aliphatic carboxylic acids is 1. The van der Waals surface area contributed by atoms with E-state index >= 15 is 0 Å². The van der Waals surface area contributed by atoms with E-state index in [1.165, 1.54) is 6.20 Å². The molecule has 1 rings (SSSR count). The Kier molecular flexibility index (Phi) is 3.10. The quantitative estimate of drug-likeness (QED) is 0.777. The molecule has 4 nitrogen and oxygen atoms in total. The van der Waals surface area contributed by atoms with Crippen molar-refractivity contribution in [2.24, 2.45) is 0 Å². The lowest BCUT2D eigenvalue weighted by atomic mass is 10.3. The maximum absolute atomic E-state index is 10.1. The van der Waals surface area contributed by atoms with Crippen LogP contribution in [0.3, 0.4) is 0 Å². The molecule has 0 saturated carbocycles. The highest BCUT2D eigenvalue weighted by Crippen LogP contribution is 2.05. The van der Waals surface area contributed by atoms with Crippen LogP contribution in [-0.4, -0.2) is 20.9 Å². The molecule has 5 heteroatoms. The largest absolute Gasteiger partial charge is 0.481 e. The molecule has 0 aliphatic rings. The molecule has 0 atom stereocenters. The van der Waals surface area contributed by atoms with Crippen LogP contribution in [0, 0.1) is 0 Å². The van der Waals surface area contributed by atoms with Crippen molar-refractivity contribution in [1.29, 1.82) is 0 Å². The number of nitrogens with zero attached hydrogens (tertiary/aromatic N) is 2. The van der Waals surface area contributed by atoms with Gasteiger partial charge in [0.2, 0.25) is 0 Å². The molecule has 1 aromatic heterocycles. The van der Waals surface area contributed by atoms with Gasteiger partial charge in [-0.1, -0.05) is 11.6 Å². The highest BCUT2D eigenvalue weighted by atomic mass is 35.5. The zero-order chi connectivity index (χ0) is 8.97. The van der Waals surface area contributed by atoms with Gasteiger partial charge < -0.3 is 5.11 Å². The van der Waals surface area contributed by atoms with Crippen molar-refractivity contribution in [2.75, 3.05) is 0 Å². The third kappa shape index (κ3) is 2.92. The van der Waals surface area contributed by atoms with Gasteiger partial charge in [-0.2, -0.15) is 5.10 Å². The highest BCUT2D eigenvalue weighted by molar-refractivity contribution is 6.30. The minimum Gasteiger partial charge on any atom is -0.481 e. The summed E-state index contributed by atoms with van der Waals surface area (Å²) in [6, 6.07) is 0. The maximum atomic E-state index is 10.1. The Balaban J connectivity index is 2.29. The van der Waals surface area contributed by atoms with E-state index in [1.807, 2.05) is 0 Å². The van der Waals surface area contributed by atoms with Crippen LogP contribution >= 0.6 is 11.6 Å². The summed E-state index contributed by atoms with van der Waals surface area (Å²) in [6.45, 7) is 0.596. The van der Waals surface area contributed by atoms with E-state index in [-0.39, 0.29) is 6.42 Å². The average molecular weight is 189 g/mol. The first-order valence-electron chi connectivity index (χ1n) is 3.58. The second-order valence-electron chi connectivity index (χ2n) is 2.42. The summed E-state index contributed by atoms with van der Waals surface area (Å²) < 4.78 is 1.63. The predicted octanol–water partition coefficient (Wildman–Crippen LogP) is 1.40. The van der Waals surface area contributed by atoms with Crippen LogP contribution in [0.15, 0.2) is 12.4 Å². The Labute approximate surface area is 74.8 Å². The van der Waals surface area contributed by atoms with Crippen LogP contribution in [0.25, 0.3) is 0 Å². The van der Waals surface area contributed by atoms with Crippen LogP contribution in [0.5, 0.6) is 0 Å². The Morgan fingerprint density at radius 3 is 3.00 bits per heavy atom. The monoisotopic (exact) mass is 188 g/mol. The second-order valence-corrected chi connectivity index (χ2v) is 2.86. The molecule has 0 spiro atoms. The number of halogens is 1. The molecule has 0 saturated heterocycles. The first-order valence-corrected chi connectivity index (χ1v) is 3.96. The highest BCUT2D eigenvalue weighted by Gasteiger charge is 1.98. The third-order valence-electron chi connectivity index (χ3n) is 1.38. The Hall–Kier alpha value is -1.03. The van der Waals surface area contributed by atoms with Crippen molar-refractivity contribution in [3.63, 3.8) is 0 Å². The molecule has 0 bridgehead atoms. The molecule has 66 valence electrons. The molecule has 0 fully saturated rings. The van der Waals surface area contributed by atoms with Crippen LogP contribution < -0.4 is 0 Å². The summed E-state index contributed by atoms with van der Waals surface area (Å²) in [5.41, 5.74) is 0. The fourth-order valence-corrected chi connectivity index (χ4v) is 1.01. The minimum absolute atomic E-state index is 0.164. The zero-order valence-electron chi connectivity index (χ0n) is 6.40. The minimum atomic E-state index is -0.784. The number of carboxylic acids is 1. The summed E-state index contributed by atoms with van der Waals surface area (Å²) >= 11 is 5.60. The molecule has 0 radical (unpaired) electrons. The molecule has 0 aliphatic heterocycles. The van der Waals surface area contributed by atoms with Gasteiger partial charge in [-0.3, -0.25) is 9.48 Å². The van der Waals surface area contributed by atoms with Crippen LogP contribution in [-0.2, 0) is 11.3 Å². The predicted molar refractivity (Wildman–Crippen MR) is 44.1 cm³/mol. The normalized spacial score (nSPS) is 10.1. The zero-order valence-corrected chi connectivity index (χ0v) is 7.16. The van der Waals surface area contributed by atoms with Crippen molar-refractivity contribution < 1.29 is 9.90 Å². The van der Waals surface area contributed by atoms with Crippen LogP contribution in [0.4, 0.5) is 0 Å². The fraction of sp³-hybridized carbons (Fsp3) is 0.429. The Bertz CT molecular complexity index is 272. The second kappa shape index (κ2) is 4.11. The summed E-state index contributed by atoms with van der Waals surface area (Å²) in [6.07, 6.45) is 3.94. The van der Waals surface area contributed by atoms with Crippen LogP contribution in [0.1, 0.15) is 12.8 Å². The number of aromatic nitrogens is 2. The van der Waals surface area contributed by atoms with Gasteiger partial charge in [0.25, 0.3) is 0 Å². The molecular formula is C7H9ClN2O2. The molecule has 0 aromatic carbocycles. The molecule has 1 heterocycles. The van der Waals surface area contributed by atoms with Crippen molar-refractivity contribution in [3.8, 4) is 0 Å². The summed E-state index contributed by atoms with van der Waals surface area (Å²) in [7, 11) is 0. The molecule has 0 unspecified atom stereocenters. The molecule has 1 N–H and O–H groups in total. The smallest absolute Gasteiger partial charge is 0.303 e. The number of hydrogen-bond donors (Lipinski definition) is 1. The fourth-order valence-electron chi connectivity index (χ4n) is 0.853. The summed E-state index contributed by atoms with van der Waals surface area (Å²) in [5, 5.41) is 12.8. The Morgan fingerprint density at radius 1 is 1.75 bits per heavy atom. The van der Waals surface area contributed by atoms with E-state index in [9.17, 15) is 4.79 Å². The number of aryl methyl sites for hydroxylation is 1. The van der Waals surface area contributed by atoms with E-state index < -0.39 is 5.97 Å². The maximum Gasteiger partial charge on any atom is 0.303 e. The number of hydrogen-bond acceptors (Lipinski definition) is 2. The molecule has 0 aliphatic carbocycles. The molecule has 0 amide bonds. The van der Waals surface area contributed by atoms with Gasteiger partial charge in [-0.05, 0) is 6.42 Å². The average Bonchev–Trinajstić information content (AvgIpc) is 2.35. The number of rotatable bonds is 4. The van der Waals surface area contributed by atoms with E-state index in [4.69, 9.17) is 16.7 Å². The summed E-state index contributed by atoms with van der Waals surface area (Å²) in [5.74, 6) is -0.784. The van der Waals surface area contributed by atoms with Gasteiger partial charge in [-0.15, -0.1) is 0 Å². The van der Waals surface area contributed by atoms with Gasteiger partial charge in [0.1, 0.15) is 0 Å². The molecular weight excluding hydrogens is 180 g/mol. The van der Waals surface area contributed by atoms with Crippen molar-refractivity contribution in [1.82, 2.24) is 9.78 Å². The van der Waals surface area contributed by atoms with Gasteiger partial charge >= 0.3 is 5.97 Å². The van der Waals surface area contributed by atoms with E-state index in [0.29, 0.717) is 18.0 Å². The van der Waals surface area contributed by atoms with Gasteiger partial charge in [0, 0.05) is 19.2 Å². The van der Waals surface area contributed by atoms with E-state index in [2.05, 4.69) is 5.10 Å². The number of carboxylic acid groups (broad SMARTS) is 1. The molecule has 12 heavy (non-hydrogen) atoms. The van der Waals surface area contributed by atoms with Crippen LogP contribution in [0.2, 0.25) is 5.02 Å². The third-order valence-corrected chi connectivity index (χ3v) is 1.57. The van der Waals surface area contributed by atoms with Gasteiger partial charge in [-0.25, -0.2) is 0 Å². The van der Waals surface area contributed by atoms with Gasteiger partial charge in [0.05, 0.1) is 11.2 Å². The first kappa shape index (κ1) is 9.06. The topological polar surface area (TPSA) is 55.1 Å².